The fourth-order valence-electron chi connectivity index (χ4n) is 5.82. The van der Waals surface area contributed by atoms with E-state index < -0.39 is 17.2 Å². The summed E-state index contributed by atoms with van der Waals surface area (Å²) in [7, 11) is 1.87. The van der Waals surface area contributed by atoms with E-state index in [0.29, 0.717) is 51.0 Å². The SMILES string of the molecule is Cn1nc(C2CCC(=O)NC2=O)c2ccc(N3CCN(CC4(F)CCN(C(=O)OC(C)(C)C)CC4)CC3)cc21. The first kappa shape index (κ1) is 27.4. The van der Waals surface area contributed by atoms with Gasteiger partial charge in [-0.2, -0.15) is 5.10 Å². The summed E-state index contributed by atoms with van der Waals surface area (Å²) in [6.45, 7) is 9.70. The normalized spacial score (nSPS) is 22.7. The number of nitrogens with zero attached hydrogens (tertiary/aromatic N) is 5. The van der Waals surface area contributed by atoms with Crippen LogP contribution in [0.25, 0.3) is 10.9 Å². The number of piperidine rings is 2. The third-order valence-electron chi connectivity index (χ3n) is 7.99. The maximum Gasteiger partial charge on any atom is 0.410 e. The van der Waals surface area contributed by atoms with Gasteiger partial charge in [-0.3, -0.25) is 24.5 Å². The fraction of sp³-hybridized carbons (Fsp3) is 0.643. The topological polar surface area (TPSA) is 100 Å². The van der Waals surface area contributed by atoms with Gasteiger partial charge in [-0.05, 0) is 45.4 Å². The van der Waals surface area contributed by atoms with Gasteiger partial charge in [0.05, 0.1) is 17.1 Å². The Kier molecular flexibility index (Phi) is 7.30. The maximum atomic E-state index is 15.7. The molecule has 0 bridgehead atoms. The Morgan fingerprint density at radius 1 is 1.13 bits per heavy atom. The summed E-state index contributed by atoms with van der Waals surface area (Å²) in [6, 6.07) is 6.16. The lowest BCUT2D eigenvalue weighted by Gasteiger charge is -2.42. The lowest BCUT2D eigenvalue weighted by molar-refractivity contribution is -0.134. The number of carbonyl (C=O) groups excluding carboxylic acids is 3. The van der Waals surface area contributed by atoms with Crippen molar-refractivity contribution in [2.75, 3.05) is 50.7 Å². The number of carbonyl (C=O) groups is 3. The molecule has 0 aliphatic carbocycles. The van der Waals surface area contributed by atoms with Gasteiger partial charge in [0.25, 0.3) is 0 Å². The van der Waals surface area contributed by atoms with Crippen molar-refractivity contribution in [1.82, 2.24) is 24.9 Å². The van der Waals surface area contributed by atoms with Gasteiger partial charge in [0.1, 0.15) is 11.3 Å². The van der Waals surface area contributed by atoms with Crippen molar-refractivity contribution in [2.45, 2.75) is 63.6 Å². The fourth-order valence-corrected chi connectivity index (χ4v) is 5.82. The largest absolute Gasteiger partial charge is 0.444 e. The van der Waals surface area contributed by atoms with Crippen molar-refractivity contribution in [2.24, 2.45) is 7.05 Å². The highest BCUT2D eigenvalue weighted by Crippen LogP contribution is 2.33. The second-order valence-corrected chi connectivity index (χ2v) is 12.1. The van der Waals surface area contributed by atoms with Crippen molar-refractivity contribution in [1.29, 1.82) is 0 Å². The Labute approximate surface area is 228 Å². The van der Waals surface area contributed by atoms with Crippen LogP contribution >= 0.6 is 0 Å². The minimum Gasteiger partial charge on any atom is -0.444 e. The van der Waals surface area contributed by atoms with Gasteiger partial charge < -0.3 is 14.5 Å². The number of likely N-dealkylation sites (tertiary alicyclic amines) is 1. The van der Waals surface area contributed by atoms with E-state index in [1.165, 1.54) is 0 Å². The zero-order valence-electron chi connectivity index (χ0n) is 23.3. The quantitative estimate of drug-likeness (QED) is 0.593. The third-order valence-corrected chi connectivity index (χ3v) is 7.99. The van der Waals surface area contributed by atoms with Crippen LogP contribution < -0.4 is 10.2 Å². The number of piperazine rings is 1. The van der Waals surface area contributed by atoms with Crippen LogP contribution in [0.15, 0.2) is 18.2 Å². The molecule has 3 aliphatic heterocycles. The molecule has 3 fully saturated rings. The number of hydrogen-bond acceptors (Lipinski definition) is 7. The van der Waals surface area contributed by atoms with E-state index in [1.807, 2.05) is 33.9 Å². The third kappa shape index (κ3) is 6.03. The van der Waals surface area contributed by atoms with Crippen molar-refractivity contribution in [3.8, 4) is 0 Å². The summed E-state index contributed by atoms with van der Waals surface area (Å²) < 4.78 is 22.9. The Hall–Kier alpha value is -3.21. The highest BCUT2D eigenvalue weighted by molar-refractivity contribution is 6.02. The number of rotatable bonds is 4. The Balaban J connectivity index is 1.17. The van der Waals surface area contributed by atoms with E-state index in [0.717, 1.165) is 42.8 Å². The molecule has 1 atom stereocenters. The number of halogens is 1. The van der Waals surface area contributed by atoms with Gasteiger partial charge >= 0.3 is 6.09 Å². The lowest BCUT2D eigenvalue weighted by Crippen LogP contribution is -2.54. The molecule has 212 valence electrons. The van der Waals surface area contributed by atoms with Crippen LogP contribution in [0.4, 0.5) is 14.9 Å². The van der Waals surface area contributed by atoms with Gasteiger partial charge in [-0.1, -0.05) is 0 Å². The molecule has 39 heavy (non-hydrogen) atoms. The molecule has 3 saturated heterocycles. The van der Waals surface area contributed by atoms with Gasteiger partial charge in [-0.25, -0.2) is 9.18 Å². The molecule has 1 aromatic carbocycles. The van der Waals surface area contributed by atoms with Crippen molar-refractivity contribution in [3.05, 3.63) is 23.9 Å². The number of aryl methyl sites for hydroxylation is 1. The molecule has 4 heterocycles. The number of alkyl halides is 1. The minimum atomic E-state index is -1.30. The second kappa shape index (κ2) is 10.4. The van der Waals surface area contributed by atoms with Crippen LogP contribution in [0.5, 0.6) is 0 Å². The van der Waals surface area contributed by atoms with E-state index in [1.54, 1.807) is 9.58 Å². The number of ether oxygens (including phenoxy) is 1. The molecule has 3 aliphatic rings. The van der Waals surface area contributed by atoms with Crippen LogP contribution in [0, 0.1) is 0 Å². The molecule has 0 saturated carbocycles. The summed E-state index contributed by atoms with van der Waals surface area (Å²) in [6.07, 6.45) is 1.06. The zero-order chi connectivity index (χ0) is 27.9. The lowest BCUT2D eigenvalue weighted by atomic mass is 9.92. The number of imide groups is 1. The van der Waals surface area contributed by atoms with Crippen molar-refractivity contribution >= 4 is 34.5 Å². The summed E-state index contributed by atoms with van der Waals surface area (Å²) in [4.78, 5) is 42.4. The first-order chi connectivity index (χ1) is 18.4. The number of amides is 3. The average Bonchev–Trinajstić information content (AvgIpc) is 3.19. The smallest absolute Gasteiger partial charge is 0.410 e. The van der Waals surface area contributed by atoms with E-state index in [4.69, 9.17) is 4.74 Å². The first-order valence-corrected chi connectivity index (χ1v) is 13.9. The number of benzene rings is 1. The summed E-state index contributed by atoms with van der Waals surface area (Å²) in [5.41, 5.74) is 0.855. The van der Waals surface area contributed by atoms with E-state index in [2.05, 4.69) is 32.3 Å². The predicted molar refractivity (Wildman–Crippen MR) is 145 cm³/mol. The molecule has 0 radical (unpaired) electrons. The highest BCUT2D eigenvalue weighted by atomic mass is 19.1. The van der Waals surface area contributed by atoms with Crippen LogP contribution in [-0.2, 0) is 21.4 Å². The zero-order valence-corrected chi connectivity index (χ0v) is 23.3. The predicted octanol–water partition coefficient (Wildman–Crippen LogP) is 2.95. The first-order valence-electron chi connectivity index (χ1n) is 13.9. The molecular formula is C28H39FN6O4. The van der Waals surface area contributed by atoms with Gasteiger partial charge in [0, 0.05) is 83.2 Å². The number of fused-ring (bicyclic) bond motifs is 1. The molecule has 1 N–H and O–H groups in total. The van der Waals surface area contributed by atoms with Gasteiger partial charge in [0.15, 0.2) is 0 Å². The maximum absolute atomic E-state index is 15.7. The summed E-state index contributed by atoms with van der Waals surface area (Å²) >= 11 is 0. The summed E-state index contributed by atoms with van der Waals surface area (Å²) in [5.74, 6) is -0.944. The van der Waals surface area contributed by atoms with E-state index >= 15 is 4.39 Å². The van der Waals surface area contributed by atoms with Crippen LogP contribution in [0.2, 0.25) is 0 Å². The standard InChI is InChI=1S/C28H39FN6O4/c1-27(2,3)39-26(38)35-11-9-28(29,10-12-35)18-33-13-15-34(16-14-33)19-5-6-20-22(17-19)32(4)31-24(20)21-7-8-23(36)30-25(21)37/h5-6,17,21H,7-16,18H2,1-4H3,(H,30,36,37). The molecule has 1 aromatic heterocycles. The van der Waals surface area contributed by atoms with Gasteiger partial charge in [0.2, 0.25) is 11.8 Å². The molecular weight excluding hydrogens is 503 g/mol. The average molecular weight is 543 g/mol. The Bertz CT molecular complexity index is 1250. The number of nitrogens with one attached hydrogen (secondary N) is 1. The van der Waals surface area contributed by atoms with Crippen molar-refractivity contribution < 1.29 is 23.5 Å². The molecule has 0 spiro atoms. The summed E-state index contributed by atoms with van der Waals surface area (Å²) in [5, 5.41) is 7.99. The number of hydrogen-bond donors (Lipinski definition) is 1. The number of anilines is 1. The Morgan fingerprint density at radius 3 is 2.46 bits per heavy atom. The highest BCUT2D eigenvalue weighted by Gasteiger charge is 2.39. The van der Waals surface area contributed by atoms with Crippen molar-refractivity contribution in [3.63, 3.8) is 0 Å². The number of aromatic nitrogens is 2. The van der Waals surface area contributed by atoms with Gasteiger partial charge in [-0.15, -0.1) is 0 Å². The van der Waals surface area contributed by atoms with Crippen LogP contribution in [0.3, 0.4) is 0 Å². The molecule has 2 aromatic rings. The minimum absolute atomic E-state index is 0.233. The van der Waals surface area contributed by atoms with E-state index in [-0.39, 0.29) is 17.9 Å². The molecule has 11 heteroatoms. The molecule has 10 nitrogen and oxygen atoms in total. The van der Waals surface area contributed by atoms with E-state index in [9.17, 15) is 14.4 Å². The monoisotopic (exact) mass is 542 g/mol. The van der Waals surface area contributed by atoms with Crippen LogP contribution in [-0.4, -0.2) is 94.6 Å². The second-order valence-electron chi connectivity index (χ2n) is 12.1. The molecule has 1 unspecified atom stereocenters. The molecule has 3 amide bonds. The van der Waals surface area contributed by atoms with Crippen LogP contribution in [0.1, 0.15) is 58.1 Å². The molecule has 5 rings (SSSR count). The Morgan fingerprint density at radius 2 is 1.82 bits per heavy atom.